The highest BCUT2D eigenvalue weighted by atomic mass is 16.5. The van der Waals surface area contributed by atoms with Gasteiger partial charge < -0.3 is 15.4 Å². The molecule has 5 heteroatoms. The average Bonchev–Trinajstić information content (AvgIpc) is 2.54. The fourth-order valence-corrected chi connectivity index (χ4v) is 2.35. The lowest BCUT2D eigenvalue weighted by Gasteiger charge is -2.16. The lowest BCUT2D eigenvalue weighted by Crippen LogP contribution is -2.20. The molecule has 0 saturated carbocycles. The largest absolute Gasteiger partial charge is 0.427 e. The second-order valence-electron chi connectivity index (χ2n) is 5.60. The maximum absolute atomic E-state index is 12.2. The van der Waals surface area contributed by atoms with Gasteiger partial charge in [-0.1, -0.05) is 38.1 Å². The van der Waals surface area contributed by atoms with Crippen molar-refractivity contribution in [1.82, 2.24) is 0 Å². The van der Waals surface area contributed by atoms with Crippen LogP contribution in [0.15, 0.2) is 48.5 Å². The molecular weight excluding hydrogens is 304 g/mol. The van der Waals surface area contributed by atoms with Crippen LogP contribution in [-0.4, -0.2) is 12.0 Å². The van der Waals surface area contributed by atoms with Crippen molar-refractivity contribution in [2.75, 3.05) is 10.6 Å². The fraction of sp³-hybridized carbons (Fsp3) is 0.263. The predicted molar refractivity (Wildman–Crippen MR) is 95.5 cm³/mol. The topological polar surface area (TPSA) is 67.4 Å². The van der Waals surface area contributed by atoms with E-state index in [0.29, 0.717) is 17.4 Å². The van der Waals surface area contributed by atoms with Gasteiger partial charge in [-0.25, -0.2) is 4.79 Å². The summed E-state index contributed by atoms with van der Waals surface area (Å²) in [7, 11) is 0. The molecule has 2 rings (SSSR count). The highest BCUT2D eigenvalue weighted by molar-refractivity contribution is 6.00. The molecule has 5 nitrogen and oxygen atoms in total. The van der Waals surface area contributed by atoms with E-state index in [9.17, 15) is 9.59 Å². The van der Waals surface area contributed by atoms with Crippen molar-refractivity contribution < 1.29 is 14.3 Å². The number of para-hydroxylation sites is 1. The Labute approximate surface area is 142 Å². The van der Waals surface area contributed by atoms with Gasteiger partial charge in [0, 0.05) is 24.4 Å². The molecular formula is C19H22N2O3. The van der Waals surface area contributed by atoms with Crippen molar-refractivity contribution in [2.24, 2.45) is 0 Å². The van der Waals surface area contributed by atoms with E-state index in [1.54, 1.807) is 24.3 Å². The van der Waals surface area contributed by atoms with Gasteiger partial charge in [0.15, 0.2) is 0 Å². The van der Waals surface area contributed by atoms with Crippen LogP contribution >= 0.6 is 0 Å². The van der Waals surface area contributed by atoms with E-state index in [2.05, 4.69) is 24.5 Å². The molecule has 2 aromatic rings. The molecule has 0 saturated heterocycles. The number of esters is 1. The molecule has 0 radical (unpaired) electrons. The summed E-state index contributed by atoms with van der Waals surface area (Å²) in [5.41, 5.74) is 2.44. The average molecular weight is 326 g/mol. The molecule has 2 amide bonds. The maximum Gasteiger partial charge on any atom is 0.323 e. The first kappa shape index (κ1) is 17.5. The number of anilines is 2. The van der Waals surface area contributed by atoms with E-state index in [4.69, 9.17) is 4.74 Å². The zero-order valence-electron chi connectivity index (χ0n) is 14.1. The maximum atomic E-state index is 12.2. The highest BCUT2D eigenvalue weighted by Crippen LogP contribution is 2.26. The van der Waals surface area contributed by atoms with E-state index in [1.165, 1.54) is 6.92 Å². The van der Waals surface area contributed by atoms with Crippen LogP contribution in [0, 0.1) is 0 Å². The summed E-state index contributed by atoms with van der Waals surface area (Å²) in [5.74, 6) is 0.341. The number of hydrogen-bond donors (Lipinski definition) is 2. The highest BCUT2D eigenvalue weighted by Gasteiger charge is 2.11. The summed E-state index contributed by atoms with van der Waals surface area (Å²) in [6.45, 7) is 5.57. The predicted octanol–water partition coefficient (Wildman–Crippen LogP) is 4.77. The molecule has 1 unspecified atom stereocenters. The number of nitrogens with one attached hydrogen (secondary N) is 2. The van der Waals surface area contributed by atoms with Gasteiger partial charge in [0.05, 0.1) is 0 Å². The van der Waals surface area contributed by atoms with Gasteiger partial charge in [0.25, 0.3) is 0 Å². The van der Waals surface area contributed by atoms with Crippen LogP contribution in [0.2, 0.25) is 0 Å². The minimum atomic E-state index is -0.404. The monoisotopic (exact) mass is 326 g/mol. The molecule has 0 fully saturated rings. The van der Waals surface area contributed by atoms with Crippen LogP contribution in [0.4, 0.5) is 16.2 Å². The first-order chi connectivity index (χ1) is 11.5. The fourth-order valence-electron chi connectivity index (χ4n) is 2.35. The molecule has 0 spiro atoms. The number of benzene rings is 2. The molecule has 0 heterocycles. The lowest BCUT2D eigenvalue weighted by molar-refractivity contribution is -0.131. The number of carbonyl (C=O) groups excluding carboxylic acids is 2. The Morgan fingerprint density at radius 2 is 1.83 bits per heavy atom. The summed E-state index contributed by atoms with van der Waals surface area (Å²) in [6, 6.07) is 14.1. The van der Waals surface area contributed by atoms with Crippen molar-refractivity contribution in [1.29, 1.82) is 0 Å². The molecule has 126 valence electrons. The Morgan fingerprint density at radius 3 is 2.54 bits per heavy atom. The molecule has 0 aliphatic carbocycles. The Balaban J connectivity index is 2.08. The van der Waals surface area contributed by atoms with E-state index >= 15 is 0 Å². The molecule has 0 bridgehead atoms. The van der Waals surface area contributed by atoms with E-state index in [-0.39, 0.29) is 6.03 Å². The minimum absolute atomic E-state index is 0.342. The molecule has 0 aromatic heterocycles. The Morgan fingerprint density at radius 1 is 1.08 bits per heavy atom. The van der Waals surface area contributed by atoms with E-state index < -0.39 is 5.97 Å². The van der Waals surface area contributed by atoms with Gasteiger partial charge in [-0.15, -0.1) is 0 Å². The van der Waals surface area contributed by atoms with Crippen LogP contribution < -0.4 is 15.4 Å². The van der Waals surface area contributed by atoms with Crippen LogP contribution in [0.5, 0.6) is 5.75 Å². The number of hydrogen-bond acceptors (Lipinski definition) is 3. The first-order valence-electron chi connectivity index (χ1n) is 7.95. The molecule has 2 N–H and O–H groups in total. The van der Waals surface area contributed by atoms with Crippen molar-refractivity contribution in [3.8, 4) is 5.75 Å². The first-order valence-corrected chi connectivity index (χ1v) is 7.95. The third-order valence-electron chi connectivity index (χ3n) is 3.71. The summed E-state index contributed by atoms with van der Waals surface area (Å²) in [5, 5.41) is 5.62. The number of ether oxygens (including phenoxy) is 1. The lowest BCUT2D eigenvalue weighted by atomic mass is 9.97. The number of amides is 2. The van der Waals surface area contributed by atoms with Crippen molar-refractivity contribution in [3.63, 3.8) is 0 Å². The summed E-state index contributed by atoms with van der Waals surface area (Å²) < 4.78 is 5.01. The van der Waals surface area contributed by atoms with Crippen molar-refractivity contribution >= 4 is 23.4 Å². The van der Waals surface area contributed by atoms with Gasteiger partial charge in [0.1, 0.15) is 5.75 Å². The van der Waals surface area contributed by atoms with E-state index in [0.717, 1.165) is 17.7 Å². The van der Waals surface area contributed by atoms with Crippen LogP contribution in [0.25, 0.3) is 0 Å². The third kappa shape index (κ3) is 4.84. The van der Waals surface area contributed by atoms with Crippen molar-refractivity contribution in [3.05, 3.63) is 54.1 Å². The number of rotatable bonds is 5. The van der Waals surface area contributed by atoms with E-state index in [1.807, 2.05) is 24.3 Å². The van der Waals surface area contributed by atoms with Gasteiger partial charge in [0.2, 0.25) is 0 Å². The molecule has 24 heavy (non-hydrogen) atoms. The second-order valence-corrected chi connectivity index (χ2v) is 5.60. The van der Waals surface area contributed by atoms with Gasteiger partial charge >= 0.3 is 12.0 Å². The Bertz CT molecular complexity index is 728. The van der Waals surface area contributed by atoms with Gasteiger partial charge in [-0.05, 0) is 36.1 Å². The molecule has 0 aliphatic rings. The SMILES string of the molecule is CCC(C)c1ccccc1NC(=O)Nc1cccc(OC(C)=O)c1. The molecule has 2 aromatic carbocycles. The molecule has 0 aliphatic heterocycles. The normalized spacial score (nSPS) is 11.5. The second kappa shape index (κ2) is 8.15. The molecule has 1 atom stereocenters. The summed E-state index contributed by atoms with van der Waals surface area (Å²) >= 11 is 0. The Kier molecular flexibility index (Phi) is 5.95. The van der Waals surface area contributed by atoms with Crippen molar-refractivity contribution in [2.45, 2.75) is 33.1 Å². The number of carbonyl (C=O) groups is 2. The minimum Gasteiger partial charge on any atom is -0.427 e. The zero-order valence-corrected chi connectivity index (χ0v) is 14.1. The number of urea groups is 1. The summed E-state index contributed by atoms with van der Waals surface area (Å²) in [4.78, 5) is 23.2. The zero-order chi connectivity index (χ0) is 17.5. The Hall–Kier alpha value is -2.82. The standard InChI is InChI=1S/C19H22N2O3/c1-4-13(2)17-10-5-6-11-18(17)21-19(23)20-15-8-7-9-16(12-15)24-14(3)22/h5-13H,4H2,1-3H3,(H2,20,21,23). The van der Waals surface area contributed by atoms with Gasteiger partial charge in [-0.3, -0.25) is 4.79 Å². The third-order valence-corrected chi connectivity index (χ3v) is 3.71. The smallest absolute Gasteiger partial charge is 0.323 e. The quantitative estimate of drug-likeness (QED) is 0.614. The van der Waals surface area contributed by atoms with Gasteiger partial charge in [-0.2, -0.15) is 0 Å². The van der Waals surface area contributed by atoms with Crippen LogP contribution in [0.3, 0.4) is 0 Å². The van der Waals surface area contributed by atoms with Crippen LogP contribution in [-0.2, 0) is 4.79 Å². The summed E-state index contributed by atoms with van der Waals surface area (Å²) in [6.07, 6.45) is 0.991. The van der Waals surface area contributed by atoms with Crippen LogP contribution in [0.1, 0.15) is 38.7 Å².